The summed E-state index contributed by atoms with van der Waals surface area (Å²) in [5.41, 5.74) is 0. The molecule has 3 nitrogen and oxygen atoms in total. The van der Waals surface area contributed by atoms with Gasteiger partial charge < -0.3 is 0 Å². The summed E-state index contributed by atoms with van der Waals surface area (Å²) >= 11 is 0. The van der Waals surface area contributed by atoms with Gasteiger partial charge in [-0.1, -0.05) is 6.42 Å². The molecule has 0 heterocycles. The topological polar surface area (TPSA) is 46.2 Å². The molecule has 4 atom stereocenters. The lowest BCUT2D eigenvalue weighted by molar-refractivity contribution is 0.280. The first-order chi connectivity index (χ1) is 7.02. The van der Waals surface area contributed by atoms with Crippen LogP contribution in [-0.2, 0) is 10.0 Å². The van der Waals surface area contributed by atoms with Crippen LogP contribution >= 0.6 is 0 Å². The van der Waals surface area contributed by atoms with E-state index in [9.17, 15) is 8.42 Å². The number of fused-ring (bicyclic) bond motifs is 2. The van der Waals surface area contributed by atoms with Crippen LogP contribution in [0.5, 0.6) is 0 Å². The monoisotopic (exact) mass is 231 g/mol. The van der Waals surface area contributed by atoms with Gasteiger partial charge >= 0.3 is 0 Å². The first-order valence-corrected chi connectivity index (χ1v) is 7.67. The molecule has 88 valence electrons. The molecule has 0 aromatic rings. The van der Waals surface area contributed by atoms with E-state index in [1.165, 1.54) is 25.7 Å². The van der Waals surface area contributed by atoms with Gasteiger partial charge in [-0.3, -0.25) is 0 Å². The van der Waals surface area contributed by atoms with Gasteiger partial charge in [0.1, 0.15) is 0 Å². The van der Waals surface area contributed by atoms with E-state index >= 15 is 0 Å². The van der Waals surface area contributed by atoms with Crippen LogP contribution in [0.3, 0.4) is 0 Å². The molecule has 0 spiro atoms. The third-order valence-corrected chi connectivity index (χ3v) is 5.67. The van der Waals surface area contributed by atoms with Crippen LogP contribution in [0.4, 0.5) is 0 Å². The second kappa shape index (κ2) is 4.06. The quantitative estimate of drug-likeness (QED) is 0.801. The smallest absolute Gasteiger partial charge is 0.211 e. The molecule has 2 aliphatic carbocycles. The van der Waals surface area contributed by atoms with Gasteiger partial charge in [-0.15, -0.1) is 0 Å². The highest BCUT2D eigenvalue weighted by Crippen LogP contribution is 2.49. The molecule has 2 rings (SSSR count). The average molecular weight is 231 g/mol. The Labute approximate surface area is 92.7 Å². The number of sulfonamides is 1. The lowest BCUT2D eigenvalue weighted by atomic mass is 9.84. The van der Waals surface area contributed by atoms with Crippen molar-refractivity contribution < 1.29 is 8.42 Å². The maximum atomic E-state index is 11.5. The number of hydrogen-bond donors (Lipinski definition) is 1. The summed E-state index contributed by atoms with van der Waals surface area (Å²) in [6, 6.07) is 0.130. The van der Waals surface area contributed by atoms with Crippen molar-refractivity contribution in [3.05, 3.63) is 0 Å². The summed E-state index contributed by atoms with van der Waals surface area (Å²) in [6.07, 6.45) is 5.25. The molecule has 2 saturated carbocycles. The average Bonchev–Trinajstić information content (AvgIpc) is 2.78. The molecule has 0 radical (unpaired) electrons. The van der Waals surface area contributed by atoms with Crippen molar-refractivity contribution in [2.24, 2.45) is 17.8 Å². The van der Waals surface area contributed by atoms with Crippen molar-refractivity contribution in [3.63, 3.8) is 0 Å². The van der Waals surface area contributed by atoms with Gasteiger partial charge in [0, 0.05) is 6.04 Å². The summed E-state index contributed by atoms with van der Waals surface area (Å²) in [7, 11) is -3.02. The van der Waals surface area contributed by atoms with Gasteiger partial charge in [0.2, 0.25) is 10.0 Å². The summed E-state index contributed by atoms with van der Waals surface area (Å²) < 4.78 is 25.7. The molecule has 0 amide bonds. The first-order valence-electron chi connectivity index (χ1n) is 6.02. The van der Waals surface area contributed by atoms with E-state index in [2.05, 4.69) is 4.72 Å². The molecule has 15 heavy (non-hydrogen) atoms. The van der Waals surface area contributed by atoms with Crippen molar-refractivity contribution in [1.82, 2.24) is 4.72 Å². The molecule has 4 heteroatoms. The largest absolute Gasteiger partial charge is 0.212 e. The molecule has 1 N–H and O–H groups in total. The lowest BCUT2D eigenvalue weighted by Gasteiger charge is -2.28. The van der Waals surface area contributed by atoms with Crippen LogP contribution < -0.4 is 4.72 Å². The molecule has 2 aliphatic rings. The molecule has 0 aromatic heterocycles. The highest BCUT2D eigenvalue weighted by Gasteiger charge is 2.42. The molecule has 0 aromatic carbocycles. The third-order valence-electron chi connectivity index (χ3n) is 4.18. The van der Waals surface area contributed by atoms with Gasteiger partial charge in [-0.2, -0.15) is 0 Å². The Bertz CT molecular complexity index is 325. The van der Waals surface area contributed by atoms with E-state index in [1.54, 1.807) is 6.92 Å². The highest BCUT2D eigenvalue weighted by atomic mass is 32.2. The summed E-state index contributed by atoms with van der Waals surface area (Å²) in [4.78, 5) is 0. The van der Waals surface area contributed by atoms with E-state index in [4.69, 9.17) is 0 Å². The summed E-state index contributed by atoms with van der Waals surface area (Å²) in [6.45, 7) is 3.72. The standard InChI is InChI=1S/C11H21NO2S/c1-3-15(13,14)12-8(2)11-7-9-4-5-10(11)6-9/h8-12H,3-7H2,1-2H3. The summed E-state index contributed by atoms with van der Waals surface area (Å²) in [5.74, 6) is 2.45. The molecule has 2 fully saturated rings. The fourth-order valence-electron chi connectivity index (χ4n) is 3.36. The molecule has 0 saturated heterocycles. The van der Waals surface area contributed by atoms with Gasteiger partial charge in [-0.25, -0.2) is 13.1 Å². The van der Waals surface area contributed by atoms with Crippen LogP contribution in [-0.4, -0.2) is 20.2 Å². The maximum Gasteiger partial charge on any atom is 0.211 e. The zero-order valence-electron chi connectivity index (χ0n) is 9.57. The second-order valence-corrected chi connectivity index (χ2v) is 7.19. The van der Waals surface area contributed by atoms with E-state index in [0.717, 1.165) is 11.8 Å². The summed E-state index contributed by atoms with van der Waals surface area (Å²) in [5, 5.41) is 0. The third kappa shape index (κ3) is 2.36. The van der Waals surface area contributed by atoms with Crippen molar-refractivity contribution in [3.8, 4) is 0 Å². The van der Waals surface area contributed by atoms with E-state index in [1.807, 2.05) is 6.92 Å². The Hall–Kier alpha value is -0.0900. The van der Waals surface area contributed by atoms with Crippen molar-refractivity contribution in [2.75, 3.05) is 5.75 Å². The Morgan fingerprint density at radius 2 is 2.07 bits per heavy atom. The van der Waals surface area contributed by atoms with Crippen LogP contribution in [0.25, 0.3) is 0 Å². The lowest BCUT2D eigenvalue weighted by Crippen LogP contribution is -2.40. The molecule has 0 aliphatic heterocycles. The molecular formula is C11H21NO2S. The van der Waals surface area contributed by atoms with Crippen LogP contribution in [0.1, 0.15) is 39.5 Å². The number of hydrogen-bond acceptors (Lipinski definition) is 2. The highest BCUT2D eigenvalue weighted by molar-refractivity contribution is 7.89. The van der Waals surface area contributed by atoms with Crippen LogP contribution in [0, 0.1) is 17.8 Å². The zero-order valence-corrected chi connectivity index (χ0v) is 10.4. The molecular weight excluding hydrogens is 210 g/mol. The van der Waals surface area contributed by atoms with Gasteiger partial charge in [0.15, 0.2) is 0 Å². The first kappa shape index (κ1) is 11.4. The number of nitrogens with one attached hydrogen (secondary N) is 1. The fraction of sp³-hybridized carbons (Fsp3) is 1.00. The SMILES string of the molecule is CCS(=O)(=O)NC(C)C1CC2CCC1C2. The zero-order chi connectivity index (χ0) is 11.1. The van der Waals surface area contributed by atoms with Crippen molar-refractivity contribution in [1.29, 1.82) is 0 Å². The second-order valence-electron chi connectivity index (χ2n) is 5.15. The minimum atomic E-state index is -3.02. The Morgan fingerprint density at radius 3 is 2.53 bits per heavy atom. The number of rotatable bonds is 4. The fourth-order valence-corrected chi connectivity index (χ4v) is 4.27. The van der Waals surface area contributed by atoms with E-state index in [-0.39, 0.29) is 11.8 Å². The normalized spacial score (nSPS) is 37.1. The molecule has 2 bridgehead atoms. The van der Waals surface area contributed by atoms with Crippen LogP contribution in [0.2, 0.25) is 0 Å². The Balaban J connectivity index is 1.95. The van der Waals surface area contributed by atoms with Crippen molar-refractivity contribution in [2.45, 2.75) is 45.6 Å². The van der Waals surface area contributed by atoms with Gasteiger partial charge in [0.05, 0.1) is 5.75 Å². The minimum absolute atomic E-state index is 0.130. The Kier molecular flexibility index (Phi) is 3.08. The Morgan fingerprint density at radius 1 is 1.33 bits per heavy atom. The minimum Gasteiger partial charge on any atom is -0.212 e. The maximum absolute atomic E-state index is 11.5. The van der Waals surface area contributed by atoms with Gasteiger partial charge in [-0.05, 0) is 50.9 Å². The van der Waals surface area contributed by atoms with Crippen molar-refractivity contribution >= 4 is 10.0 Å². The van der Waals surface area contributed by atoms with E-state index < -0.39 is 10.0 Å². The predicted molar refractivity (Wildman–Crippen MR) is 61.0 cm³/mol. The molecule has 4 unspecified atom stereocenters. The van der Waals surface area contributed by atoms with Crippen LogP contribution in [0.15, 0.2) is 0 Å². The van der Waals surface area contributed by atoms with Gasteiger partial charge in [0.25, 0.3) is 0 Å². The predicted octanol–water partition coefficient (Wildman–Crippen LogP) is 1.75. The van der Waals surface area contributed by atoms with E-state index in [0.29, 0.717) is 5.92 Å².